The number of ketones is 1. The van der Waals surface area contributed by atoms with Gasteiger partial charge in [0.2, 0.25) is 0 Å². The van der Waals surface area contributed by atoms with Crippen LogP contribution in [0, 0.1) is 12.8 Å². The van der Waals surface area contributed by atoms with Gasteiger partial charge in [0.1, 0.15) is 5.78 Å². The summed E-state index contributed by atoms with van der Waals surface area (Å²) in [5.41, 5.74) is 2.56. The van der Waals surface area contributed by atoms with E-state index >= 15 is 0 Å². The molecule has 1 aromatic rings. The average Bonchev–Trinajstić information content (AvgIpc) is 2.61. The molecule has 0 unspecified atom stereocenters. The molecule has 80 valence electrons. The van der Waals surface area contributed by atoms with Crippen molar-refractivity contribution in [3.8, 4) is 0 Å². The lowest BCUT2D eigenvalue weighted by atomic mass is 9.78. The summed E-state index contributed by atoms with van der Waals surface area (Å²) in [6, 6.07) is 4.75. The van der Waals surface area contributed by atoms with Crippen LogP contribution < -0.4 is 0 Å². The highest BCUT2D eigenvalue weighted by atomic mass is 16.1. The van der Waals surface area contributed by atoms with Crippen molar-refractivity contribution in [3.63, 3.8) is 0 Å². The molecule has 1 aliphatic carbocycles. The maximum Gasteiger partial charge on any atom is 0.143 e. The second kappa shape index (κ2) is 3.22. The van der Waals surface area contributed by atoms with Gasteiger partial charge >= 0.3 is 0 Å². The molecule has 0 spiro atoms. The Hall–Kier alpha value is -1.05. The Labute approximate surface area is 90.3 Å². The van der Waals surface area contributed by atoms with E-state index in [0.29, 0.717) is 24.2 Å². The number of carbonyl (C=O) groups excluding carboxylic acids is 1. The van der Waals surface area contributed by atoms with E-state index in [1.807, 2.05) is 0 Å². The van der Waals surface area contributed by atoms with Gasteiger partial charge in [-0.15, -0.1) is 0 Å². The van der Waals surface area contributed by atoms with Crippen LogP contribution in [-0.4, -0.2) is 10.4 Å². The third-order valence-corrected chi connectivity index (χ3v) is 4.04. The van der Waals surface area contributed by atoms with E-state index in [9.17, 15) is 4.79 Å². The predicted molar refractivity (Wildman–Crippen MR) is 58.9 cm³/mol. The lowest BCUT2D eigenvalue weighted by Gasteiger charge is -2.37. The van der Waals surface area contributed by atoms with Crippen molar-refractivity contribution in [2.45, 2.75) is 45.1 Å². The molecule has 1 aliphatic heterocycles. The number of aryl methyl sites for hydroxylation is 1. The first-order valence-corrected chi connectivity index (χ1v) is 5.97. The van der Waals surface area contributed by atoms with Crippen molar-refractivity contribution in [2.24, 2.45) is 5.92 Å². The number of hydrogen-bond acceptors (Lipinski definition) is 1. The maximum absolute atomic E-state index is 12.0. The topological polar surface area (TPSA) is 22.0 Å². The minimum absolute atomic E-state index is 0.317. The minimum atomic E-state index is 0.317. The molecule has 0 aromatic carbocycles. The van der Waals surface area contributed by atoms with Crippen LogP contribution in [0.2, 0.25) is 0 Å². The van der Waals surface area contributed by atoms with Crippen LogP contribution in [0.4, 0.5) is 0 Å². The predicted octanol–water partition coefficient (Wildman–Crippen LogP) is 2.65. The quantitative estimate of drug-likeness (QED) is 0.635. The normalized spacial score (nSPS) is 29.8. The second-order valence-electron chi connectivity index (χ2n) is 4.94. The zero-order valence-corrected chi connectivity index (χ0v) is 9.20. The molecule has 1 aromatic heterocycles. The first-order chi connectivity index (χ1) is 7.27. The van der Waals surface area contributed by atoms with Gasteiger partial charge in [0, 0.05) is 29.8 Å². The molecule has 2 heterocycles. The van der Waals surface area contributed by atoms with E-state index in [4.69, 9.17) is 0 Å². The van der Waals surface area contributed by atoms with E-state index in [2.05, 4.69) is 23.6 Å². The zero-order valence-electron chi connectivity index (χ0n) is 9.20. The van der Waals surface area contributed by atoms with Crippen molar-refractivity contribution >= 4 is 5.78 Å². The Morgan fingerprint density at radius 1 is 1.27 bits per heavy atom. The Morgan fingerprint density at radius 2 is 2.07 bits per heavy atom. The average molecular weight is 203 g/mol. The molecular weight excluding hydrogens is 186 g/mol. The van der Waals surface area contributed by atoms with Gasteiger partial charge in [-0.1, -0.05) is 12.8 Å². The highest BCUT2D eigenvalue weighted by Crippen LogP contribution is 2.40. The van der Waals surface area contributed by atoms with E-state index < -0.39 is 0 Å². The van der Waals surface area contributed by atoms with Crippen molar-refractivity contribution < 1.29 is 4.79 Å². The molecular formula is C13H17NO. The summed E-state index contributed by atoms with van der Waals surface area (Å²) in [6.45, 7) is 2.16. The third kappa shape index (κ3) is 1.27. The molecule has 2 nitrogen and oxygen atoms in total. The maximum atomic E-state index is 12.0. The molecule has 0 radical (unpaired) electrons. The number of aromatic nitrogens is 1. The smallest absolute Gasteiger partial charge is 0.143 e. The number of carbonyl (C=O) groups is 1. The molecule has 1 saturated carbocycles. The Kier molecular flexibility index (Phi) is 1.98. The molecule has 0 saturated heterocycles. The van der Waals surface area contributed by atoms with E-state index in [1.165, 1.54) is 30.7 Å². The number of fused-ring (bicyclic) bond motifs is 3. The standard InChI is InChI=1S/C13H17NO/c1-9-6-7-10-8-13(15)11-4-2-3-5-12(11)14(9)10/h6-7,11-12H,2-5,8H2,1H3/t11-,12+/m0/s1. The van der Waals surface area contributed by atoms with Crippen LogP contribution in [0.1, 0.15) is 43.1 Å². The van der Waals surface area contributed by atoms with Crippen molar-refractivity contribution in [1.82, 2.24) is 4.57 Å². The summed E-state index contributed by atoms with van der Waals surface area (Å²) in [4.78, 5) is 12.0. The molecule has 0 bridgehead atoms. The van der Waals surface area contributed by atoms with Gasteiger partial charge < -0.3 is 4.57 Å². The number of hydrogen-bond donors (Lipinski definition) is 0. The fraction of sp³-hybridized carbons (Fsp3) is 0.615. The zero-order chi connectivity index (χ0) is 10.4. The van der Waals surface area contributed by atoms with Crippen LogP contribution >= 0.6 is 0 Å². The van der Waals surface area contributed by atoms with Gasteiger partial charge in [0.15, 0.2) is 0 Å². The van der Waals surface area contributed by atoms with Gasteiger partial charge in [0.05, 0.1) is 0 Å². The molecule has 1 fully saturated rings. The summed E-state index contributed by atoms with van der Waals surface area (Å²) >= 11 is 0. The van der Waals surface area contributed by atoms with Crippen LogP contribution in [0.3, 0.4) is 0 Å². The van der Waals surface area contributed by atoms with E-state index in [0.717, 1.165) is 6.42 Å². The molecule has 2 atom stereocenters. The summed E-state index contributed by atoms with van der Waals surface area (Å²) in [6.07, 6.45) is 5.49. The highest BCUT2D eigenvalue weighted by molar-refractivity contribution is 5.84. The van der Waals surface area contributed by atoms with Crippen LogP contribution in [0.5, 0.6) is 0 Å². The van der Waals surface area contributed by atoms with Crippen molar-refractivity contribution in [1.29, 1.82) is 0 Å². The Bertz CT molecular complexity index is 405. The van der Waals surface area contributed by atoms with E-state index in [-0.39, 0.29) is 0 Å². The van der Waals surface area contributed by atoms with Crippen LogP contribution in [0.15, 0.2) is 12.1 Å². The van der Waals surface area contributed by atoms with Gasteiger partial charge in [-0.3, -0.25) is 4.79 Å². The molecule has 2 heteroatoms. The summed E-state index contributed by atoms with van der Waals surface area (Å²) in [5, 5.41) is 0. The molecule has 2 aliphatic rings. The van der Waals surface area contributed by atoms with Gasteiger partial charge in [0.25, 0.3) is 0 Å². The molecule has 0 N–H and O–H groups in total. The van der Waals surface area contributed by atoms with E-state index in [1.54, 1.807) is 0 Å². The fourth-order valence-electron chi connectivity index (χ4n) is 3.33. The second-order valence-corrected chi connectivity index (χ2v) is 4.94. The highest BCUT2D eigenvalue weighted by Gasteiger charge is 2.37. The van der Waals surface area contributed by atoms with Crippen molar-refractivity contribution in [3.05, 3.63) is 23.5 Å². The van der Waals surface area contributed by atoms with Crippen molar-refractivity contribution in [2.75, 3.05) is 0 Å². The summed E-state index contributed by atoms with van der Waals surface area (Å²) < 4.78 is 2.42. The van der Waals surface area contributed by atoms with Gasteiger partial charge in [-0.2, -0.15) is 0 Å². The monoisotopic (exact) mass is 203 g/mol. The first-order valence-electron chi connectivity index (χ1n) is 5.97. The Balaban J connectivity index is 2.08. The minimum Gasteiger partial charge on any atom is -0.345 e. The van der Waals surface area contributed by atoms with Crippen LogP contribution in [0.25, 0.3) is 0 Å². The SMILES string of the molecule is Cc1ccc2n1[C@@H]1CCCC[C@@H]1C(=O)C2. The Morgan fingerprint density at radius 3 is 2.93 bits per heavy atom. The van der Waals surface area contributed by atoms with Gasteiger partial charge in [-0.25, -0.2) is 0 Å². The fourth-order valence-corrected chi connectivity index (χ4v) is 3.33. The third-order valence-electron chi connectivity index (χ3n) is 4.04. The van der Waals surface area contributed by atoms with Gasteiger partial charge in [-0.05, 0) is 31.9 Å². The first kappa shape index (κ1) is 9.20. The lowest BCUT2D eigenvalue weighted by Crippen LogP contribution is -2.36. The summed E-state index contributed by atoms with van der Waals surface area (Å²) in [7, 11) is 0. The van der Waals surface area contributed by atoms with Crippen LogP contribution in [-0.2, 0) is 11.2 Å². The molecule has 3 rings (SSSR count). The molecule has 15 heavy (non-hydrogen) atoms. The number of rotatable bonds is 0. The number of nitrogens with zero attached hydrogens (tertiary/aromatic N) is 1. The number of Topliss-reactive ketones (excluding diaryl/α,β-unsaturated/α-hetero) is 1. The largest absolute Gasteiger partial charge is 0.345 e. The summed E-state index contributed by atoms with van der Waals surface area (Å²) in [5.74, 6) is 0.794. The lowest BCUT2D eigenvalue weighted by molar-refractivity contribution is -0.126. The molecule has 0 amide bonds.